The second-order valence-corrected chi connectivity index (χ2v) is 7.67. The molecule has 3 aromatic rings. The Morgan fingerprint density at radius 3 is 2.72 bits per heavy atom. The molecule has 0 atom stereocenters. The standard InChI is InChI=1S/C20H19BrN4O4/c21-15-1-3-19(23-7-9-29-10-8-23)17(12-15)22-20(26)13-24-6-5-14-11-16(25(27)28)2-4-18(14)24/h1-6,11-12H,7-10,13H2,(H,22,26). The number of nitro groups is 1. The third-order valence-corrected chi connectivity index (χ3v) is 5.36. The zero-order chi connectivity index (χ0) is 20.4. The molecule has 2 heterocycles. The number of hydrogen-bond donors (Lipinski definition) is 1. The first-order valence-corrected chi connectivity index (χ1v) is 9.96. The summed E-state index contributed by atoms with van der Waals surface area (Å²) in [6.07, 6.45) is 1.76. The van der Waals surface area contributed by atoms with Crippen LogP contribution in [0.3, 0.4) is 0 Å². The van der Waals surface area contributed by atoms with Crippen molar-refractivity contribution in [3.05, 3.63) is 63.2 Å². The van der Waals surface area contributed by atoms with Gasteiger partial charge in [0.2, 0.25) is 5.91 Å². The van der Waals surface area contributed by atoms with Crippen molar-refractivity contribution in [2.24, 2.45) is 0 Å². The van der Waals surface area contributed by atoms with Gasteiger partial charge in [-0.15, -0.1) is 0 Å². The van der Waals surface area contributed by atoms with Crippen molar-refractivity contribution in [2.45, 2.75) is 6.54 Å². The van der Waals surface area contributed by atoms with Crippen molar-refractivity contribution < 1.29 is 14.5 Å². The minimum Gasteiger partial charge on any atom is -0.378 e. The fourth-order valence-electron chi connectivity index (χ4n) is 3.47. The molecular weight excluding hydrogens is 440 g/mol. The summed E-state index contributed by atoms with van der Waals surface area (Å²) >= 11 is 3.47. The van der Waals surface area contributed by atoms with Crippen LogP contribution >= 0.6 is 15.9 Å². The smallest absolute Gasteiger partial charge is 0.270 e. The van der Waals surface area contributed by atoms with E-state index in [0.29, 0.717) is 13.2 Å². The first-order chi connectivity index (χ1) is 14.0. The number of benzene rings is 2. The molecule has 8 nitrogen and oxygen atoms in total. The number of nitrogens with zero attached hydrogens (tertiary/aromatic N) is 3. The summed E-state index contributed by atoms with van der Waals surface area (Å²) in [7, 11) is 0. The molecule has 1 aliphatic heterocycles. The Morgan fingerprint density at radius 2 is 1.97 bits per heavy atom. The summed E-state index contributed by atoms with van der Waals surface area (Å²) in [5, 5.41) is 14.7. The van der Waals surface area contributed by atoms with Crippen molar-refractivity contribution in [1.29, 1.82) is 0 Å². The number of rotatable bonds is 5. The van der Waals surface area contributed by atoms with Crippen LogP contribution in [0.15, 0.2) is 53.1 Å². The van der Waals surface area contributed by atoms with Crippen LogP contribution < -0.4 is 10.2 Å². The highest BCUT2D eigenvalue weighted by Crippen LogP contribution is 2.30. The second-order valence-electron chi connectivity index (χ2n) is 6.75. The molecule has 1 amide bonds. The van der Waals surface area contributed by atoms with Gasteiger partial charge in [0.1, 0.15) is 6.54 Å². The molecule has 4 rings (SSSR count). The Balaban J connectivity index is 1.54. The normalized spacial score (nSPS) is 14.2. The van der Waals surface area contributed by atoms with Crippen molar-refractivity contribution in [2.75, 3.05) is 36.5 Å². The van der Waals surface area contributed by atoms with Gasteiger partial charge in [-0.05, 0) is 30.3 Å². The number of carbonyl (C=O) groups is 1. The Morgan fingerprint density at radius 1 is 1.17 bits per heavy atom. The zero-order valence-corrected chi connectivity index (χ0v) is 17.1. The van der Waals surface area contributed by atoms with Crippen LogP contribution in [-0.2, 0) is 16.1 Å². The van der Waals surface area contributed by atoms with E-state index in [1.807, 2.05) is 18.2 Å². The molecule has 150 valence electrons. The number of fused-ring (bicyclic) bond motifs is 1. The summed E-state index contributed by atoms with van der Waals surface area (Å²) in [5.41, 5.74) is 2.49. The van der Waals surface area contributed by atoms with Crippen molar-refractivity contribution in [3.63, 3.8) is 0 Å². The predicted octanol–water partition coefficient (Wildman–Crippen LogP) is 3.79. The van der Waals surface area contributed by atoms with Crippen molar-refractivity contribution in [3.8, 4) is 0 Å². The maximum atomic E-state index is 12.7. The van der Waals surface area contributed by atoms with E-state index in [1.54, 1.807) is 22.9 Å². The summed E-state index contributed by atoms with van der Waals surface area (Å²) in [4.78, 5) is 25.5. The van der Waals surface area contributed by atoms with Gasteiger partial charge in [-0.2, -0.15) is 0 Å². The molecule has 1 aliphatic rings. The molecule has 1 fully saturated rings. The highest BCUT2D eigenvalue weighted by atomic mass is 79.9. The molecule has 2 aromatic carbocycles. The summed E-state index contributed by atoms with van der Waals surface area (Å²) < 4.78 is 8.07. The van der Waals surface area contributed by atoms with E-state index in [9.17, 15) is 14.9 Å². The lowest BCUT2D eigenvalue weighted by molar-refractivity contribution is -0.384. The highest BCUT2D eigenvalue weighted by molar-refractivity contribution is 9.10. The molecule has 0 bridgehead atoms. The van der Waals surface area contributed by atoms with Gasteiger partial charge in [-0.25, -0.2) is 0 Å². The van der Waals surface area contributed by atoms with Gasteiger partial charge in [-0.1, -0.05) is 15.9 Å². The predicted molar refractivity (Wildman–Crippen MR) is 114 cm³/mol. The number of anilines is 2. The number of hydrogen-bond acceptors (Lipinski definition) is 5. The first-order valence-electron chi connectivity index (χ1n) is 9.16. The van der Waals surface area contributed by atoms with Crippen LogP contribution in [0, 0.1) is 10.1 Å². The number of morpholine rings is 1. The van der Waals surface area contributed by atoms with Gasteiger partial charge in [0.05, 0.1) is 29.5 Å². The maximum Gasteiger partial charge on any atom is 0.270 e. The lowest BCUT2D eigenvalue weighted by atomic mass is 10.2. The maximum absolute atomic E-state index is 12.7. The lowest BCUT2D eigenvalue weighted by Gasteiger charge is -2.30. The van der Waals surface area contributed by atoms with Crippen LogP contribution in [0.1, 0.15) is 0 Å². The second kappa shape index (κ2) is 8.22. The number of ether oxygens (including phenoxy) is 1. The topological polar surface area (TPSA) is 89.6 Å². The van der Waals surface area contributed by atoms with E-state index in [4.69, 9.17) is 4.74 Å². The van der Waals surface area contributed by atoms with Gasteiger partial charge in [0.15, 0.2) is 0 Å². The summed E-state index contributed by atoms with van der Waals surface area (Å²) in [6.45, 7) is 2.96. The number of nitrogens with one attached hydrogen (secondary N) is 1. The number of nitro benzene ring substituents is 1. The summed E-state index contributed by atoms with van der Waals surface area (Å²) in [6, 6.07) is 12.2. The van der Waals surface area contributed by atoms with Crippen LogP contribution in [0.4, 0.5) is 17.1 Å². The van der Waals surface area contributed by atoms with Crippen LogP contribution in [-0.4, -0.2) is 41.7 Å². The molecule has 1 saturated heterocycles. The van der Waals surface area contributed by atoms with Crippen molar-refractivity contribution in [1.82, 2.24) is 4.57 Å². The van der Waals surface area contributed by atoms with Crippen molar-refractivity contribution >= 4 is 49.8 Å². The fraction of sp³-hybridized carbons (Fsp3) is 0.250. The van der Waals surface area contributed by atoms with Crippen LogP contribution in [0.5, 0.6) is 0 Å². The van der Waals surface area contributed by atoms with Crippen LogP contribution in [0.2, 0.25) is 0 Å². The largest absolute Gasteiger partial charge is 0.378 e. The minimum absolute atomic E-state index is 0.0315. The Hall–Kier alpha value is -2.91. The SMILES string of the molecule is O=C(Cn1ccc2cc([N+](=O)[O-])ccc21)Nc1cc(Br)ccc1N1CCOCC1. The van der Waals surface area contributed by atoms with E-state index in [1.165, 1.54) is 12.1 Å². The highest BCUT2D eigenvalue weighted by Gasteiger charge is 2.17. The molecule has 0 unspecified atom stereocenters. The third kappa shape index (κ3) is 4.25. The average molecular weight is 459 g/mol. The van der Waals surface area contributed by atoms with Gasteiger partial charge >= 0.3 is 0 Å². The molecule has 0 aliphatic carbocycles. The van der Waals surface area contributed by atoms with Gasteiger partial charge in [0, 0.05) is 46.8 Å². The monoisotopic (exact) mass is 458 g/mol. The zero-order valence-electron chi connectivity index (χ0n) is 15.5. The Bertz CT molecular complexity index is 1080. The molecule has 1 N–H and O–H groups in total. The average Bonchev–Trinajstić information content (AvgIpc) is 3.10. The number of amides is 1. The number of halogens is 1. The van der Waals surface area contributed by atoms with E-state index in [0.717, 1.165) is 39.8 Å². The molecular formula is C20H19BrN4O4. The Kier molecular flexibility index (Phi) is 5.50. The van der Waals surface area contributed by atoms with E-state index < -0.39 is 4.92 Å². The lowest BCUT2D eigenvalue weighted by Crippen LogP contribution is -2.36. The van der Waals surface area contributed by atoms with E-state index in [2.05, 4.69) is 26.1 Å². The molecule has 0 spiro atoms. The quantitative estimate of drug-likeness (QED) is 0.463. The van der Waals surface area contributed by atoms with Crippen LogP contribution in [0.25, 0.3) is 10.9 Å². The minimum atomic E-state index is -0.427. The van der Waals surface area contributed by atoms with Gasteiger partial charge in [0.25, 0.3) is 5.69 Å². The summed E-state index contributed by atoms with van der Waals surface area (Å²) in [5.74, 6) is -0.173. The van der Waals surface area contributed by atoms with E-state index >= 15 is 0 Å². The molecule has 0 radical (unpaired) electrons. The van der Waals surface area contributed by atoms with Gasteiger partial charge in [-0.3, -0.25) is 14.9 Å². The third-order valence-electron chi connectivity index (χ3n) is 4.86. The van der Waals surface area contributed by atoms with E-state index in [-0.39, 0.29) is 18.1 Å². The molecule has 9 heteroatoms. The Labute approximate surface area is 175 Å². The number of aromatic nitrogens is 1. The first kappa shape index (κ1) is 19.4. The molecule has 0 saturated carbocycles. The molecule has 29 heavy (non-hydrogen) atoms. The molecule has 1 aromatic heterocycles. The van der Waals surface area contributed by atoms with Gasteiger partial charge < -0.3 is 19.5 Å². The number of non-ortho nitro benzene ring substituents is 1. The fourth-order valence-corrected chi connectivity index (χ4v) is 3.83. The number of carbonyl (C=O) groups excluding carboxylic acids is 1.